The van der Waals surface area contributed by atoms with E-state index in [0.29, 0.717) is 111 Å². The first-order chi connectivity index (χ1) is 52.7. The quantitative estimate of drug-likeness (QED) is 0.0491. The molecule has 3 aromatic heterocycles. The van der Waals surface area contributed by atoms with Crippen molar-refractivity contribution in [1.29, 1.82) is 0 Å². The second-order valence-electron chi connectivity index (χ2n) is 26.3. The van der Waals surface area contributed by atoms with Crippen LogP contribution in [0.5, 0.6) is 0 Å². The van der Waals surface area contributed by atoms with E-state index in [1.165, 1.54) is 45.9 Å². The summed E-state index contributed by atoms with van der Waals surface area (Å²) in [5.41, 5.74) is 10.9. The number of hydrogen-bond donors (Lipinski definition) is 10. The zero-order valence-corrected chi connectivity index (χ0v) is 59.6. The van der Waals surface area contributed by atoms with Gasteiger partial charge in [-0.2, -0.15) is 5.10 Å². The number of amides is 2. The van der Waals surface area contributed by atoms with Crippen molar-refractivity contribution in [3.05, 3.63) is 349 Å². The Morgan fingerprint density at radius 1 is 0.339 bits per heavy atom. The molecule has 10 N–H and O–H groups in total. The molecule has 0 aliphatic carbocycles. The van der Waals surface area contributed by atoms with Crippen LogP contribution in [0.4, 0.5) is 0 Å². The Balaban J connectivity index is 0.000000135. The van der Waals surface area contributed by atoms with Crippen LogP contribution in [0.3, 0.4) is 0 Å². The fourth-order valence-corrected chi connectivity index (χ4v) is 12.8. The number of rotatable bonds is 20. The van der Waals surface area contributed by atoms with Gasteiger partial charge in [0.15, 0.2) is 0 Å². The number of aryl methyl sites for hydroxylation is 6. The highest BCUT2D eigenvalue weighted by Gasteiger charge is 2.29. The van der Waals surface area contributed by atoms with Gasteiger partial charge in [-0.05, 0) is 153 Å². The van der Waals surface area contributed by atoms with Gasteiger partial charge < -0.3 is 64.6 Å². The summed E-state index contributed by atoms with van der Waals surface area (Å²) in [5.74, 6) is 0.0380. The Hall–Kier alpha value is -11.4. The molecule has 22 nitrogen and oxygen atoms in total. The van der Waals surface area contributed by atoms with Crippen molar-refractivity contribution in [3.63, 3.8) is 0 Å². The largest absolute Gasteiger partial charge is 0.488 e. The molecule has 0 saturated heterocycles. The smallest absolute Gasteiger partial charge is 0.423 e. The predicted octanol–water partition coefficient (Wildman–Crippen LogP) is 2.73. The lowest BCUT2D eigenvalue weighted by molar-refractivity contribution is 0.0740. The molecular weight excluding hydrogens is 1380 g/mol. The summed E-state index contributed by atoms with van der Waals surface area (Å²) in [5, 5.41) is 99.0. The van der Waals surface area contributed by atoms with Crippen LogP contribution >= 0.6 is 0 Å². The number of hydrogen-bond acceptors (Lipinski definition) is 17. The second-order valence-corrected chi connectivity index (χ2v) is 26.3. The molecule has 0 spiro atoms. The van der Waals surface area contributed by atoms with Crippen LogP contribution in [0.15, 0.2) is 282 Å². The maximum Gasteiger partial charge on any atom is 0.488 e. The maximum absolute atomic E-state index is 12.5. The molecule has 0 radical (unpaired) electrons. The highest BCUT2D eigenvalue weighted by atomic mass is 16.4. The molecule has 0 saturated carbocycles. The Kier molecular flexibility index (Phi) is 27.3. The lowest BCUT2D eigenvalue weighted by atomic mass is 9.78. The summed E-state index contributed by atoms with van der Waals surface area (Å²) >= 11 is 0. The van der Waals surface area contributed by atoms with Crippen molar-refractivity contribution in [2.75, 3.05) is 19.6 Å². The fourth-order valence-electron chi connectivity index (χ4n) is 12.8. The Morgan fingerprint density at radius 3 is 1.27 bits per heavy atom. The second kappa shape index (κ2) is 37.9. The van der Waals surface area contributed by atoms with Gasteiger partial charge in [-0.25, -0.2) is 9.67 Å². The minimum Gasteiger partial charge on any atom is -0.423 e. The van der Waals surface area contributed by atoms with Crippen LogP contribution in [0.2, 0.25) is 0 Å². The van der Waals surface area contributed by atoms with Crippen LogP contribution in [0, 0.1) is 0 Å². The Morgan fingerprint density at radius 2 is 0.743 bits per heavy atom. The highest BCUT2D eigenvalue weighted by molar-refractivity contribution is 6.60. The van der Waals surface area contributed by atoms with Gasteiger partial charge in [-0.1, -0.05) is 206 Å². The normalized spacial score (nSPS) is 11.9. The fraction of sp³-hybridized carbons (Fsp3) is 0.159. The molecule has 0 fully saturated rings. The number of carbonyl (C=O) groups is 2. The van der Waals surface area contributed by atoms with Gasteiger partial charge >= 0.3 is 35.6 Å². The van der Waals surface area contributed by atoms with Crippen molar-refractivity contribution >= 4 is 107 Å². The molecule has 10 aromatic carbocycles. The molecule has 15 rings (SSSR count). The maximum atomic E-state index is 12.5. The summed E-state index contributed by atoms with van der Waals surface area (Å²) in [4.78, 5) is 70.1. The van der Waals surface area contributed by atoms with Crippen molar-refractivity contribution in [2.24, 2.45) is 0 Å². The summed E-state index contributed by atoms with van der Waals surface area (Å²) in [7, 11) is -7.67. The number of pyridine rings is 1. The summed E-state index contributed by atoms with van der Waals surface area (Å²) in [6.07, 6.45) is 9.52. The molecule has 2 aliphatic heterocycles. The van der Waals surface area contributed by atoms with Crippen molar-refractivity contribution in [3.8, 4) is 0 Å². The predicted molar refractivity (Wildman–Crippen MR) is 427 cm³/mol. The van der Waals surface area contributed by atoms with Crippen LogP contribution in [0.1, 0.15) is 59.7 Å². The molecule has 0 unspecified atom stereocenters. The molecule has 0 bridgehead atoms. The van der Waals surface area contributed by atoms with Gasteiger partial charge in [-0.3, -0.25) is 28.5 Å². The molecule has 548 valence electrons. The third kappa shape index (κ3) is 21.0. The van der Waals surface area contributed by atoms with Crippen LogP contribution in [-0.2, 0) is 64.7 Å². The third-order valence-electron chi connectivity index (χ3n) is 19.0. The van der Waals surface area contributed by atoms with E-state index in [9.17, 15) is 54.1 Å². The lowest BCUT2D eigenvalue weighted by Crippen LogP contribution is -2.40. The van der Waals surface area contributed by atoms with Gasteiger partial charge in [0, 0.05) is 73.9 Å². The van der Waals surface area contributed by atoms with Crippen molar-refractivity contribution in [1.82, 2.24) is 33.7 Å². The van der Waals surface area contributed by atoms with E-state index in [1.54, 1.807) is 99.2 Å². The van der Waals surface area contributed by atoms with Crippen LogP contribution in [-0.4, -0.2) is 151 Å². The van der Waals surface area contributed by atoms with E-state index in [2.05, 4.69) is 22.2 Å². The van der Waals surface area contributed by atoms with E-state index in [0.717, 1.165) is 66.2 Å². The van der Waals surface area contributed by atoms with Crippen LogP contribution < -0.4 is 44.0 Å². The number of nitrogens with zero attached hydrogens (tertiary/aromatic N) is 7. The van der Waals surface area contributed by atoms with Crippen molar-refractivity contribution in [2.45, 2.75) is 64.7 Å². The first-order valence-corrected chi connectivity index (χ1v) is 35.7. The standard InChI is InChI=1S/C17H18BNO3.C17H16BNO3.2C16H15BN2O3.C16H16BNO3/c20-17-16-7-6-15(18(21)22)12-14(16)9-11-19(17)10-8-13-4-2-1-3-5-13;20-17-16-12-15(18(21)22)7-6-14(16)9-11-19(17)10-8-13-4-2-1-3-5-13;20-16-15-7-6-14(17(21)22)10-13(15)11-18-19(16)9-8-12-4-2-1-3-5-12;20-16-14-7-6-13(17(21)22)10-15(14)18-11-19(16)9-8-12-4-2-1-3-5-12;19-16-15-7-6-14(17(20)21)10-13(15)11-18(16)9-8-12-4-2-1-3-5-12/h1-7,12,21-22H,8-11H2;1-7,9,11-12,21-22H,8,10H2;2*1-7,10-11,21-22H,8-9H2;1-7,10,20-21H,8-9,11H2. The molecule has 27 heteroatoms. The number of fused-ring (bicyclic) bond motifs is 5. The molecule has 2 amide bonds. The van der Waals surface area contributed by atoms with Crippen LogP contribution in [0.25, 0.3) is 32.4 Å². The third-order valence-corrected chi connectivity index (χ3v) is 19.0. The van der Waals surface area contributed by atoms with Crippen molar-refractivity contribution < 1.29 is 59.8 Å². The molecule has 2 aliphatic rings. The molecule has 0 atom stereocenters. The van der Waals surface area contributed by atoms with Gasteiger partial charge in [0.25, 0.3) is 28.5 Å². The first-order valence-electron chi connectivity index (χ1n) is 35.7. The number of aromatic nitrogens is 5. The minimum absolute atomic E-state index is 0.0138. The summed E-state index contributed by atoms with van der Waals surface area (Å²) in [6.45, 7) is 4.20. The molecule has 5 heterocycles. The number of carbonyl (C=O) groups excluding carboxylic acids is 2. The SMILES string of the molecule is O=C1c2ccc(B(O)O)cc2CCN1CCc1ccccc1.O=C1c2ccc(B(O)O)cc2CN1CCc1ccccc1.O=c1c2cc(B(O)O)ccc2ccn1CCc1ccccc1.O=c1c2ccc(B(O)O)cc2cnn1CCc1ccccc1.O=c1c2ccc(B(O)O)cc2ncn1CCc1ccccc1. The number of benzene rings is 10. The zero-order valence-electron chi connectivity index (χ0n) is 59.6. The van der Waals surface area contributed by atoms with E-state index in [4.69, 9.17) is 20.1 Å². The Bertz CT molecular complexity index is 5280. The first kappa shape index (κ1) is 78.6. The summed E-state index contributed by atoms with van der Waals surface area (Å²) in [6, 6.07) is 76.1. The Labute approximate surface area is 630 Å². The zero-order chi connectivity index (χ0) is 76.9. The lowest BCUT2D eigenvalue weighted by Gasteiger charge is -2.29. The van der Waals surface area contributed by atoms with E-state index >= 15 is 0 Å². The average molecular weight is 1460 g/mol. The van der Waals surface area contributed by atoms with Gasteiger partial charge in [0.2, 0.25) is 0 Å². The molecular formula is C82H80B5N7O15. The van der Waals surface area contributed by atoms with E-state index in [1.807, 2.05) is 150 Å². The van der Waals surface area contributed by atoms with Gasteiger partial charge in [0.05, 0.1) is 28.8 Å². The minimum atomic E-state index is -1.57. The molecule has 109 heavy (non-hydrogen) atoms. The molecule has 13 aromatic rings. The van der Waals surface area contributed by atoms with Gasteiger partial charge in [0.1, 0.15) is 0 Å². The van der Waals surface area contributed by atoms with Gasteiger partial charge in [-0.15, -0.1) is 0 Å². The topological polar surface area (TPSA) is 335 Å². The van der Waals surface area contributed by atoms with E-state index < -0.39 is 35.6 Å². The van der Waals surface area contributed by atoms with E-state index in [-0.39, 0.29) is 28.5 Å². The highest BCUT2D eigenvalue weighted by Crippen LogP contribution is 2.23. The monoisotopic (exact) mass is 1460 g/mol. The summed E-state index contributed by atoms with van der Waals surface area (Å²) < 4.78 is 4.66. The average Bonchev–Trinajstić information content (AvgIpc) is 1.72.